The van der Waals surface area contributed by atoms with E-state index in [-0.39, 0.29) is 5.54 Å². The van der Waals surface area contributed by atoms with Crippen LogP contribution in [0.25, 0.3) is 11.1 Å². The molecule has 0 saturated carbocycles. The SMILES string of the molecule is CC1=N[C@]2(CCc3c(cccc3-c3cncc(C)c3)C2)CO1. The molecule has 0 radical (unpaired) electrons. The fourth-order valence-electron chi connectivity index (χ4n) is 3.72. The molecule has 1 aliphatic heterocycles. The van der Waals surface area contributed by atoms with Crippen molar-refractivity contribution < 1.29 is 4.74 Å². The first-order valence-corrected chi connectivity index (χ1v) is 7.87. The third-order valence-corrected chi connectivity index (χ3v) is 4.76. The molecule has 0 unspecified atom stereocenters. The summed E-state index contributed by atoms with van der Waals surface area (Å²) in [6.45, 7) is 4.78. The minimum atomic E-state index is -0.0272. The number of aromatic nitrogens is 1. The van der Waals surface area contributed by atoms with Crippen molar-refractivity contribution in [2.24, 2.45) is 4.99 Å². The molecular formula is C19H20N2O. The van der Waals surface area contributed by atoms with Crippen molar-refractivity contribution in [1.29, 1.82) is 0 Å². The van der Waals surface area contributed by atoms with Gasteiger partial charge in [0.15, 0.2) is 5.90 Å². The quantitative estimate of drug-likeness (QED) is 0.802. The maximum atomic E-state index is 5.63. The molecule has 1 spiro atoms. The summed E-state index contributed by atoms with van der Waals surface area (Å²) in [5.41, 5.74) is 6.58. The van der Waals surface area contributed by atoms with E-state index in [4.69, 9.17) is 9.73 Å². The van der Waals surface area contributed by atoms with Gasteiger partial charge in [0.25, 0.3) is 0 Å². The topological polar surface area (TPSA) is 34.5 Å². The molecule has 0 N–H and O–H groups in total. The van der Waals surface area contributed by atoms with E-state index in [0.29, 0.717) is 0 Å². The standard InChI is InChI=1S/C19H20N2O/c1-13-8-16(11-20-10-13)17-5-3-4-15-9-19(7-6-18(15)17)12-22-14(2)21-19/h3-5,8,10-11H,6-7,9,12H2,1-2H3/t19-/m0/s1. The minimum Gasteiger partial charge on any atom is -0.479 e. The lowest BCUT2D eigenvalue weighted by molar-refractivity contribution is 0.236. The van der Waals surface area contributed by atoms with Crippen LogP contribution in [0.1, 0.15) is 30.0 Å². The summed E-state index contributed by atoms with van der Waals surface area (Å²) in [5, 5.41) is 0. The molecule has 22 heavy (non-hydrogen) atoms. The van der Waals surface area contributed by atoms with Gasteiger partial charge in [-0.3, -0.25) is 4.98 Å². The second kappa shape index (κ2) is 4.94. The smallest absolute Gasteiger partial charge is 0.180 e. The highest BCUT2D eigenvalue weighted by atomic mass is 16.5. The molecule has 0 bridgehead atoms. The van der Waals surface area contributed by atoms with E-state index in [2.05, 4.69) is 36.2 Å². The number of pyridine rings is 1. The lowest BCUT2D eigenvalue weighted by Gasteiger charge is -2.31. The number of ether oxygens (including phenoxy) is 1. The first-order chi connectivity index (χ1) is 10.7. The summed E-state index contributed by atoms with van der Waals surface area (Å²) in [6.07, 6.45) is 6.97. The van der Waals surface area contributed by atoms with E-state index >= 15 is 0 Å². The fraction of sp³-hybridized carbons (Fsp3) is 0.368. The molecular weight excluding hydrogens is 272 g/mol. The number of aliphatic imine (C=N–C) groups is 1. The van der Waals surface area contributed by atoms with Crippen LogP contribution in [0.2, 0.25) is 0 Å². The normalized spacial score (nSPS) is 23.1. The second-order valence-electron chi connectivity index (χ2n) is 6.51. The van der Waals surface area contributed by atoms with Crippen LogP contribution in [0.4, 0.5) is 0 Å². The van der Waals surface area contributed by atoms with Crippen LogP contribution >= 0.6 is 0 Å². The molecule has 112 valence electrons. The van der Waals surface area contributed by atoms with E-state index in [1.807, 2.05) is 19.3 Å². The summed E-state index contributed by atoms with van der Waals surface area (Å²) in [6, 6.07) is 8.83. The molecule has 1 aromatic heterocycles. The zero-order valence-electron chi connectivity index (χ0n) is 13.1. The van der Waals surface area contributed by atoms with E-state index in [1.165, 1.54) is 27.8 Å². The lowest BCUT2D eigenvalue weighted by atomic mass is 9.76. The Bertz CT molecular complexity index is 766. The van der Waals surface area contributed by atoms with Crippen LogP contribution in [-0.4, -0.2) is 23.0 Å². The van der Waals surface area contributed by atoms with Crippen molar-refractivity contribution in [3.8, 4) is 11.1 Å². The van der Waals surface area contributed by atoms with Gasteiger partial charge in [-0.05, 0) is 48.1 Å². The summed E-state index contributed by atoms with van der Waals surface area (Å²) >= 11 is 0. The maximum absolute atomic E-state index is 5.63. The summed E-state index contributed by atoms with van der Waals surface area (Å²) in [4.78, 5) is 9.13. The summed E-state index contributed by atoms with van der Waals surface area (Å²) < 4.78 is 5.63. The predicted molar refractivity (Wildman–Crippen MR) is 88.2 cm³/mol. The molecule has 3 heteroatoms. The summed E-state index contributed by atoms with van der Waals surface area (Å²) in [5.74, 6) is 0.836. The van der Waals surface area contributed by atoms with E-state index in [9.17, 15) is 0 Å². The molecule has 3 nitrogen and oxygen atoms in total. The Morgan fingerprint density at radius 1 is 1.18 bits per heavy atom. The zero-order chi connectivity index (χ0) is 15.2. The molecule has 1 atom stereocenters. The molecule has 4 rings (SSSR count). The Labute approximate surface area is 131 Å². The van der Waals surface area contributed by atoms with Gasteiger partial charge in [-0.2, -0.15) is 0 Å². The number of nitrogens with zero attached hydrogens (tertiary/aromatic N) is 2. The molecule has 0 fully saturated rings. The Hall–Kier alpha value is -2.16. The monoisotopic (exact) mass is 292 g/mol. The number of fused-ring (bicyclic) bond motifs is 1. The Morgan fingerprint density at radius 3 is 2.86 bits per heavy atom. The van der Waals surface area contributed by atoms with Crippen LogP contribution in [-0.2, 0) is 17.6 Å². The van der Waals surface area contributed by atoms with Crippen molar-refractivity contribution in [2.45, 2.75) is 38.6 Å². The lowest BCUT2D eigenvalue weighted by Crippen LogP contribution is -2.35. The van der Waals surface area contributed by atoms with Gasteiger partial charge in [-0.15, -0.1) is 0 Å². The highest BCUT2D eigenvalue weighted by molar-refractivity contribution is 5.76. The van der Waals surface area contributed by atoms with Crippen molar-refractivity contribution in [1.82, 2.24) is 4.98 Å². The van der Waals surface area contributed by atoms with Gasteiger partial charge in [0.1, 0.15) is 12.1 Å². The molecule has 2 aliphatic rings. The minimum absolute atomic E-state index is 0.0272. The molecule has 2 aromatic rings. The van der Waals surface area contributed by atoms with E-state index in [1.54, 1.807) is 0 Å². The number of hydrogen-bond acceptors (Lipinski definition) is 3. The van der Waals surface area contributed by atoms with Crippen molar-refractivity contribution in [3.05, 3.63) is 53.3 Å². The van der Waals surface area contributed by atoms with Gasteiger partial charge >= 0.3 is 0 Å². The average molecular weight is 292 g/mol. The maximum Gasteiger partial charge on any atom is 0.180 e. The van der Waals surface area contributed by atoms with Gasteiger partial charge in [0.05, 0.1) is 0 Å². The molecule has 2 heterocycles. The van der Waals surface area contributed by atoms with Crippen molar-refractivity contribution in [3.63, 3.8) is 0 Å². The van der Waals surface area contributed by atoms with E-state index < -0.39 is 0 Å². The third kappa shape index (κ3) is 2.21. The van der Waals surface area contributed by atoms with Gasteiger partial charge in [-0.25, -0.2) is 4.99 Å². The Kier molecular flexibility index (Phi) is 3.03. The first-order valence-electron chi connectivity index (χ1n) is 7.87. The third-order valence-electron chi connectivity index (χ3n) is 4.76. The molecule has 1 aromatic carbocycles. The second-order valence-corrected chi connectivity index (χ2v) is 6.51. The largest absolute Gasteiger partial charge is 0.479 e. The van der Waals surface area contributed by atoms with Crippen LogP contribution in [0.5, 0.6) is 0 Å². The van der Waals surface area contributed by atoms with Crippen LogP contribution in [0.3, 0.4) is 0 Å². The van der Waals surface area contributed by atoms with Gasteiger partial charge < -0.3 is 4.74 Å². The van der Waals surface area contributed by atoms with Crippen LogP contribution in [0.15, 0.2) is 41.7 Å². The number of benzene rings is 1. The molecule has 1 aliphatic carbocycles. The van der Waals surface area contributed by atoms with Gasteiger partial charge in [-0.1, -0.05) is 18.2 Å². The predicted octanol–water partition coefficient (Wildman–Crippen LogP) is 3.73. The highest BCUT2D eigenvalue weighted by Crippen LogP contribution is 2.38. The number of rotatable bonds is 1. The van der Waals surface area contributed by atoms with Crippen LogP contribution < -0.4 is 0 Å². The van der Waals surface area contributed by atoms with Gasteiger partial charge in [0.2, 0.25) is 0 Å². The Balaban J connectivity index is 1.76. The number of aryl methyl sites for hydroxylation is 1. The van der Waals surface area contributed by atoms with E-state index in [0.717, 1.165) is 31.8 Å². The summed E-state index contributed by atoms with van der Waals surface area (Å²) in [7, 11) is 0. The average Bonchev–Trinajstić information content (AvgIpc) is 2.87. The van der Waals surface area contributed by atoms with Gasteiger partial charge in [0, 0.05) is 31.3 Å². The zero-order valence-corrected chi connectivity index (χ0v) is 13.1. The van der Waals surface area contributed by atoms with Crippen molar-refractivity contribution in [2.75, 3.05) is 6.61 Å². The number of hydrogen-bond donors (Lipinski definition) is 0. The van der Waals surface area contributed by atoms with Crippen LogP contribution in [0, 0.1) is 6.92 Å². The molecule has 0 saturated heterocycles. The molecule has 0 amide bonds. The Morgan fingerprint density at radius 2 is 2.09 bits per heavy atom. The fourth-order valence-corrected chi connectivity index (χ4v) is 3.72. The first kappa shape index (κ1) is 13.5. The highest BCUT2D eigenvalue weighted by Gasteiger charge is 2.39. The van der Waals surface area contributed by atoms with Crippen molar-refractivity contribution >= 4 is 5.90 Å².